The Morgan fingerprint density at radius 1 is 1.53 bits per heavy atom. The predicted octanol–water partition coefficient (Wildman–Crippen LogP) is 1.95. The van der Waals surface area contributed by atoms with Crippen molar-refractivity contribution in [2.75, 3.05) is 6.54 Å². The van der Waals surface area contributed by atoms with Crippen molar-refractivity contribution in [1.29, 1.82) is 0 Å². The minimum absolute atomic E-state index is 0.0431. The second-order valence-electron chi connectivity index (χ2n) is 4.35. The van der Waals surface area contributed by atoms with E-state index >= 15 is 0 Å². The van der Waals surface area contributed by atoms with Crippen LogP contribution in [0.2, 0.25) is 0 Å². The standard InChI is InChI=1S/C12H16N2O2S/c13-11(17)7-14(10-3-1-2-4-10)12(15)9-5-6-16-8-9/h5-6,8,10H,1-4,7H2,(H2,13,17). The van der Waals surface area contributed by atoms with Crippen LogP contribution >= 0.6 is 12.2 Å². The summed E-state index contributed by atoms with van der Waals surface area (Å²) in [7, 11) is 0. The van der Waals surface area contributed by atoms with E-state index in [1.807, 2.05) is 0 Å². The monoisotopic (exact) mass is 252 g/mol. The number of nitrogens with two attached hydrogens (primary N) is 1. The lowest BCUT2D eigenvalue weighted by Crippen LogP contribution is -2.43. The second-order valence-corrected chi connectivity index (χ2v) is 4.87. The lowest BCUT2D eigenvalue weighted by molar-refractivity contribution is 0.0714. The summed E-state index contributed by atoms with van der Waals surface area (Å²) in [6, 6.07) is 1.93. The minimum Gasteiger partial charge on any atom is -0.472 e. The van der Waals surface area contributed by atoms with Crippen LogP contribution in [0.4, 0.5) is 0 Å². The van der Waals surface area contributed by atoms with Gasteiger partial charge in [-0.1, -0.05) is 25.1 Å². The number of carbonyl (C=O) groups is 1. The van der Waals surface area contributed by atoms with Gasteiger partial charge in [-0.15, -0.1) is 0 Å². The van der Waals surface area contributed by atoms with Crippen LogP contribution in [0.25, 0.3) is 0 Å². The van der Waals surface area contributed by atoms with Gasteiger partial charge >= 0.3 is 0 Å². The predicted molar refractivity (Wildman–Crippen MR) is 68.8 cm³/mol. The van der Waals surface area contributed by atoms with E-state index in [1.165, 1.54) is 12.5 Å². The van der Waals surface area contributed by atoms with E-state index in [9.17, 15) is 4.79 Å². The maximum Gasteiger partial charge on any atom is 0.257 e. The third kappa shape index (κ3) is 2.85. The summed E-state index contributed by atoms with van der Waals surface area (Å²) >= 11 is 4.92. The van der Waals surface area contributed by atoms with Gasteiger partial charge < -0.3 is 15.1 Å². The number of amides is 1. The van der Waals surface area contributed by atoms with Gasteiger partial charge in [-0.25, -0.2) is 0 Å². The maximum absolute atomic E-state index is 12.3. The molecule has 0 bridgehead atoms. The van der Waals surface area contributed by atoms with Crippen molar-refractivity contribution in [3.63, 3.8) is 0 Å². The molecule has 2 rings (SSSR count). The van der Waals surface area contributed by atoms with Crippen molar-refractivity contribution >= 4 is 23.1 Å². The van der Waals surface area contributed by atoms with Crippen LogP contribution in [0.5, 0.6) is 0 Å². The molecule has 5 heteroatoms. The molecule has 1 fully saturated rings. The zero-order valence-corrected chi connectivity index (χ0v) is 10.4. The van der Waals surface area contributed by atoms with Gasteiger partial charge in [0.1, 0.15) is 6.26 Å². The lowest BCUT2D eigenvalue weighted by Gasteiger charge is -2.28. The number of furan rings is 1. The highest BCUT2D eigenvalue weighted by molar-refractivity contribution is 7.80. The van der Waals surface area contributed by atoms with Gasteiger partial charge in [-0.2, -0.15) is 0 Å². The molecule has 4 nitrogen and oxygen atoms in total. The lowest BCUT2D eigenvalue weighted by atomic mass is 10.1. The SMILES string of the molecule is NC(=S)CN(C(=O)c1ccoc1)C1CCCC1. The quantitative estimate of drug-likeness (QED) is 0.832. The molecule has 0 atom stereocenters. The number of thiocarbonyl (C=S) groups is 1. The highest BCUT2D eigenvalue weighted by atomic mass is 32.1. The average molecular weight is 252 g/mol. The van der Waals surface area contributed by atoms with E-state index in [-0.39, 0.29) is 11.9 Å². The van der Waals surface area contributed by atoms with Gasteiger partial charge in [-0.3, -0.25) is 4.79 Å². The van der Waals surface area contributed by atoms with Gasteiger partial charge in [0.2, 0.25) is 0 Å². The Morgan fingerprint density at radius 3 is 2.76 bits per heavy atom. The first kappa shape index (κ1) is 12.1. The summed E-state index contributed by atoms with van der Waals surface area (Å²) in [5.74, 6) is -0.0431. The fourth-order valence-corrected chi connectivity index (χ4v) is 2.44. The van der Waals surface area contributed by atoms with Gasteiger partial charge in [0.25, 0.3) is 5.91 Å². The Hall–Kier alpha value is -1.36. The first-order valence-electron chi connectivity index (χ1n) is 5.80. The van der Waals surface area contributed by atoms with Crippen LogP contribution in [0.1, 0.15) is 36.0 Å². The Kier molecular flexibility index (Phi) is 3.78. The van der Waals surface area contributed by atoms with Crippen LogP contribution in [-0.4, -0.2) is 28.4 Å². The van der Waals surface area contributed by atoms with Crippen molar-refractivity contribution < 1.29 is 9.21 Å². The molecule has 1 aliphatic carbocycles. The van der Waals surface area contributed by atoms with E-state index in [2.05, 4.69) is 0 Å². The molecule has 1 aromatic heterocycles. The summed E-state index contributed by atoms with van der Waals surface area (Å²) in [5, 5.41) is 0. The molecule has 1 saturated carbocycles. The smallest absolute Gasteiger partial charge is 0.257 e. The van der Waals surface area contributed by atoms with Crippen LogP contribution in [0.15, 0.2) is 23.0 Å². The summed E-state index contributed by atoms with van der Waals surface area (Å²) < 4.78 is 4.94. The molecule has 0 radical (unpaired) electrons. The van der Waals surface area contributed by atoms with Crippen LogP contribution in [0, 0.1) is 0 Å². The zero-order valence-electron chi connectivity index (χ0n) is 9.59. The largest absolute Gasteiger partial charge is 0.472 e. The molecule has 0 spiro atoms. The molecule has 1 heterocycles. The molecule has 2 N–H and O–H groups in total. The Morgan fingerprint density at radius 2 is 2.24 bits per heavy atom. The van der Waals surface area contributed by atoms with E-state index < -0.39 is 0 Å². The number of nitrogens with zero attached hydrogens (tertiary/aromatic N) is 1. The second kappa shape index (κ2) is 5.31. The topological polar surface area (TPSA) is 59.5 Å². The number of hydrogen-bond donors (Lipinski definition) is 1. The molecular weight excluding hydrogens is 236 g/mol. The Labute approximate surface area is 106 Å². The Bertz CT molecular complexity index is 397. The van der Waals surface area contributed by atoms with Crippen LogP contribution in [-0.2, 0) is 0 Å². The molecule has 92 valence electrons. The highest BCUT2D eigenvalue weighted by Crippen LogP contribution is 2.24. The normalized spacial score (nSPS) is 16.0. The summed E-state index contributed by atoms with van der Waals surface area (Å²) in [4.78, 5) is 14.4. The third-order valence-electron chi connectivity index (χ3n) is 3.12. The summed E-state index contributed by atoms with van der Waals surface area (Å²) in [6.45, 7) is 0.351. The molecular formula is C12H16N2O2S. The van der Waals surface area contributed by atoms with Crippen molar-refractivity contribution in [3.05, 3.63) is 24.2 Å². The van der Waals surface area contributed by atoms with Crippen LogP contribution < -0.4 is 5.73 Å². The van der Waals surface area contributed by atoms with E-state index in [1.54, 1.807) is 11.0 Å². The fraction of sp³-hybridized carbons (Fsp3) is 0.500. The van der Waals surface area contributed by atoms with Gasteiger partial charge in [0.15, 0.2) is 0 Å². The average Bonchev–Trinajstić information content (AvgIpc) is 2.96. The Balaban J connectivity index is 2.14. The summed E-state index contributed by atoms with van der Waals surface area (Å²) in [6.07, 6.45) is 7.36. The molecule has 1 aromatic rings. The number of rotatable bonds is 4. The van der Waals surface area contributed by atoms with E-state index in [0.29, 0.717) is 17.1 Å². The minimum atomic E-state index is -0.0431. The molecule has 1 aliphatic rings. The fourth-order valence-electron chi connectivity index (χ4n) is 2.30. The van der Waals surface area contributed by atoms with E-state index in [4.69, 9.17) is 22.4 Å². The molecule has 0 saturated heterocycles. The third-order valence-corrected chi connectivity index (χ3v) is 3.25. The zero-order chi connectivity index (χ0) is 12.3. The van der Waals surface area contributed by atoms with Gasteiger partial charge in [0.05, 0.1) is 23.4 Å². The van der Waals surface area contributed by atoms with Crippen molar-refractivity contribution in [2.45, 2.75) is 31.7 Å². The van der Waals surface area contributed by atoms with E-state index in [0.717, 1.165) is 25.7 Å². The van der Waals surface area contributed by atoms with Crippen LogP contribution in [0.3, 0.4) is 0 Å². The first-order chi connectivity index (χ1) is 8.18. The molecule has 0 aliphatic heterocycles. The molecule has 0 unspecified atom stereocenters. The number of carbonyl (C=O) groups excluding carboxylic acids is 1. The molecule has 1 amide bonds. The van der Waals surface area contributed by atoms with Gasteiger partial charge in [-0.05, 0) is 18.9 Å². The summed E-state index contributed by atoms with van der Waals surface area (Å²) in [5.41, 5.74) is 6.13. The number of hydrogen-bond acceptors (Lipinski definition) is 3. The van der Waals surface area contributed by atoms with Crippen molar-refractivity contribution in [2.24, 2.45) is 5.73 Å². The van der Waals surface area contributed by atoms with Gasteiger partial charge in [0, 0.05) is 6.04 Å². The highest BCUT2D eigenvalue weighted by Gasteiger charge is 2.28. The van der Waals surface area contributed by atoms with Crippen molar-refractivity contribution in [1.82, 2.24) is 4.90 Å². The molecule has 17 heavy (non-hydrogen) atoms. The first-order valence-corrected chi connectivity index (χ1v) is 6.21. The molecule has 0 aromatic carbocycles. The van der Waals surface area contributed by atoms with Crippen molar-refractivity contribution in [3.8, 4) is 0 Å². The maximum atomic E-state index is 12.3.